The summed E-state index contributed by atoms with van der Waals surface area (Å²) in [4.78, 5) is 15.5. The number of esters is 1. The molecule has 0 aromatic heterocycles. The molecule has 2 aromatic carbocycles. The first kappa shape index (κ1) is 22.4. The molecular formula is C29H35NO3. The standard InChI is InChI=1S/C29H35NO3/c1-19(2)24-14-13-20(3)15-26(24)32-29-27-25(28(31)33-29)16-22-11-7-8-12-23(22)18-30(27)17-21-9-5-4-6-10-21/h4-12,16,19-20,24,26-27,29H,13-15,17-18H2,1-3H3/t20-,24+,26-,27-,29-/m1/s1. The summed E-state index contributed by atoms with van der Waals surface area (Å²) >= 11 is 0. The highest BCUT2D eigenvalue weighted by Crippen LogP contribution is 2.40. The van der Waals surface area contributed by atoms with Crippen molar-refractivity contribution < 1.29 is 14.3 Å². The second-order valence-electron chi connectivity index (χ2n) is 10.4. The maximum absolute atomic E-state index is 13.1. The third-order valence-corrected chi connectivity index (χ3v) is 7.67. The number of fused-ring (bicyclic) bond motifs is 2. The van der Waals surface area contributed by atoms with Crippen molar-refractivity contribution in [2.75, 3.05) is 0 Å². The Kier molecular flexibility index (Phi) is 6.40. The van der Waals surface area contributed by atoms with Crippen LogP contribution in [0.25, 0.3) is 6.08 Å². The molecule has 1 saturated carbocycles. The lowest BCUT2D eigenvalue weighted by Gasteiger charge is -2.40. The summed E-state index contributed by atoms with van der Waals surface area (Å²) < 4.78 is 12.7. The Labute approximate surface area is 197 Å². The summed E-state index contributed by atoms with van der Waals surface area (Å²) in [5, 5.41) is 0. The van der Waals surface area contributed by atoms with Crippen molar-refractivity contribution in [1.29, 1.82) is 0 Å². The van der Waals surface area contributed by atoms with Gasteiger partial charge in [-0.25, -0.2) is 4.79 Å². The van der Waals surface area contributed by atoms with Gasteiger partial charge in [0.05, 0.1) is 11.7 Å². The number of hydrogen-bond acceptors (Lipinski definition) is 4. The SMILES string of the molecule is CC(C)[C@@H]1CC[C@@H](C)C[C@H]1O[C@@H]1OC(=O)C2=Cc3ccccc3CN(Cc3ccccc3)[C@H]21. The van der Waals surface area contributed by atoms with Crippen molar-refractivity contribution in [3.63, 3.8) is 0 Å². The van der Waals surface area contributed by atoms with Crippen LogP contribution >= 0.6 is 0 Å². The van der Waals surface area contributed by atoms with Gasteiger partial charge in [0.1, 0.15) is 6.04 Å². The largest absolute Gasteiger partial charge is 0.430 e. The summed E-state index contributed by atoms with van der Waals surface area (Å²) in [6, 6.07) is 18.6. The molecule has 0 spiro atoms. The molecule has 0 unspecified atom stereocenters. The predicted molar refractivity (Wildman–Crippen MR) is 130 cm³/mol. The average Bonchev–Trinajstić information content (AvgIpc) is 2.99. The molecule has 0 radical (unpaired) electrons. The minimum Gasteiger partial charge on any atom is -0.430 e. The van der Waals surface area contributed by atoms with Crippen LogP contribution in [-0.4, -0.2) is 29.3 Å². The zero-order valence-electron chi connectivity index (χ0n) is 19.9. The molecule has 3 aliphatic rings. The van der Waals surface area contributed by atoms with Gasteiger partial charge in [0.2, 0.25) is 6.29 Å². The second-order valence-corrected chi connectivity index (χ2v) is 10.4. The number of hydrogen-bond donors (Lipinski definition) is 0. The highest BCUT2D eigenvalue weighted by molar-refractivity contribution is 5.97. The molecule has 2 heterocycles. The van der Waals surface area contributed by atoms with Crippen molar-refractivity contribution >= 4 is 12.0 Å². The minimum atomic E-state index is -0.571. The van der Waals surface area contributed by atoms with E-state index in [4.69, 9.17) is 9.47 Å². The van der Waals surface area contributed by atoms with E-state index in [0.717, 1.165) is 25.1 Å². The third kappa shape index (κ3) is 4.64. The Bertz CT molecular complexity index is 1010. The van der Waals surface area contributed by atoms with E-state index in [2.05, 4.69) is 68.1 Å². The van der Waals surface area contributed by atoms with Crippen LogP contribution in [0.2, 0.25) is 0 Å². The van der Waals surface area contributed by atoms with Crippen LogP contribution in [0.5, 0.6) is 0 Å². The van der Waals surface area contributed by atoms with Crippen molar-refractivity contribution in [3.05, 3.63) is 76.9 Å². The van der Waals surface area contributed by atoms with Crippen LogP contribution in [-0.2, 0) is 27.4 Å². The number of carbonyl (C=O) groups excluding carboxylic acids is 1. The van der Waals surface area contributed by atoms with Gasteiger partial charge in [0.25, 0.3) is 0 Å². The van der Waals surface area contributed by atoms with E-state index in [0.29, 0.717) is 23.3 Å². The number of cyclic esters (lactones) is 1. The van der Waals surface area contributed by atoms with Gasteiger partial charge in [-0.2, -0.15) is 0 Å². The monoisotopic (exact) mass is 445 g/mol. The summed E-state index contributed by atoms with van der Waals surface area (Å²) in [6.07, 6.45) is 5.03. The molecular weight excluding hydrogens is 410 g/mol. The van der Waals surface area contributed by atoms with Crippen molar-refractivity contribution in [2.45, 2.75) is 71.6 Å². The lowest BCUT2D eigenvalue weighted by Crippen LogP contribution is -2.45. The molecule has 1 aliphatic carbocycles. The van der Waals surface area contributed by atoms with Gasteiger partial charge in [-0.3, -0.25) is 4.90 Å². The molecule has 4 heteroatoms. The smallest absolute Gasteiger partial charge is 0.338 e. The lowest BCUT2D eigenvalue weighted by molar-refractivity contribution is -0.199. The number of carbonyl (C=O) groups is 1. The molecule has 4 nitrogen and oxygen atoms in total. The summed E-state index contributed by atoms with van der Waals surface area (Å²) in [5.74, 6) is 1.44. The molecule has 174 valence electrons. The van der Waals surface area contributed by atoms with Gasteiger partial charge in [-0.15, -0.1) is 0 Å². The van der Waals surface area contributed by atoms with Gasteiger partial charge in [-0.05, 0) is 53.4 Å². The third-order valence-electron chi connectivity index (χ3n) is 7.67. The highest BCUT2D eigenvalue weighted by Gasteiger charge is 2.47. The quantitative estimate of drug-likeness (QED) is 0.544. The number of benzene rings is 2. The topological polar surface area (TPSA) is 38.8 Å². The molecule has 0 bridgehead atoms. The molecule has 5 rings (SSSR count). The Balaban J connectivity index is 1.48. The van der Waals surface area contributed by atoms with E-state index < -0.39 is 6.29 Å². The summed E-state index contributed by atoms with van der Waals surface area (Å²) in [7, 11) is 0. The first-order valence-corrected chi connectivity index (χ1v) is 12.4. The fourth-order valence-corrected chi connectivity index (χ4v) is 5.84. The first-order valence-electron chi connectivity index (χ1n) is 12.4. The average molecular weight is 446 g/mol. The molecule has 5 atom stereocenters. The Morgan fingerprint density at radius 3 is 2.61 bits per heavy atom. The van der Waals surface area contributed by atoms with Crippen LogP contribution in [0.1, 0.15) is 56.7 Å². The fourth-order valence-electron chi connectivity index (χ4n) is 5.84. The maximum Gasteiger partial charge on any atom is 0.338 e. The Morgan fingerprint density at radius 2 is 1.82 bits per heavy atom. The molecule has 1 saturated heterocycles. The molecule has 2 fully saturated rings. The summed E-state index contributed by atoms with van der Waals surface area (Å²) in [5.41, 5.74) is 4.26. The van der Waals surface area contributed by atoms with Gasteiger partial charge < -0.3 is 9.47 Å². The van der Waals surface area contributed by atoms with Crippen LogP contribution in [0.3, 0.4) is 0 Å². The Morgan fingerprint density at radius 1 is 1.06 bits per heavy atom. The lowest BCUT2D eigenvalue weighted by atomic mass is 9.75. The van der Waals surface area contributed by atoms with Gasteiger partial charge in [-0.1, -0.05) is 81.8 Å². The maximum atomic E-state index is 13.1. The van der Waals surface area contributed by atoms with Crippen molar-refractivity contribution in [1.82, 2.24) is 4.90 Å². The van der Waals surface area contributed by atoms with Crippen LogP contribution in [0, 0.1) is 17.8 Å². The zero-order valence-corrected chi connectivity index (χ0v) is 19.9. The number of ether oxygens (including phenoxy) is 2. The predicted octanol–water partition coefficient (Wildman–Crippen LogP) is 5.81. The first-order chi connectivity index (χ1) is 16.0. The summed E-state index contributed by atoms with van der Waals surface area (Å²) in [6.45, 7) is 8.37. The molecule has 0 N–H and O–H groups in total. The van der Waals surface area contributed by atoms with E-state index in [9.17, 15) is 4.79 Å². The molecule has 2 aliphatic heterocycles. The van der Waals surface area contributed by atoms with Crippen LogP contribution in [0.15, 0.2) is 60.2 Å². The minimum absolute atomic E-state index is 0.120. The molecule has 33 heavy (non-hydrogen) atoms. The number of rotatable bonds is 5. The van der Waals surface area contributed by atoms with Crippen molar-refractivity contribution in [3.8, 4) is 0 Å². The highest BCUT2D eigenvalue weighted by atomic mass is 16.7. The van der Waals surface area contributed by atoms with E-state index in [1.165, 1.54) is 24.0 Å². The van der Waals surface area contributed by atoms with E-state index >= 15 is 0 Å². The van der Waals surface area contributed by atoms with Crippen LogP contribution in [0.4, 0.5) is 0 Å². The van der Waals surface area contributed by atoms with Crippen LogP contribution < -0.4 is 0 Å². The zero-order chi connectivity index (χ0) is 22.9. The fraction of sp³-hybridized carbons (Fsp3) is 0.483. The van der Waals surface area contributed by atoms with Gasteiger partial charge >= 0.3 is 5.97 Å². The van der Waals surface area contributed by atoms with E-state index in [1.807, 2.05) is 18.2 Å². The van der Waals surface area contributed by atoms with Gasteiger partial charge in [0.15, 0.2) is 0 Å². The van der Waals surface area contributed by atoms with E-state index in [1.54, 1.807) is 0 Å². The van der Waals surface area contributed by atoms with Gasteiger partial charge in [0, 0.05) is 13.1 Å². The second kappa shape index (κ2) is 9.44. The molecule has 0 amide bonds. The van der Waals surface area contributed by atoms with E-state index in [-0.39, 0.29) is 18.1 Å². The molecule has 2 aromatic rings. The normalized spacial score (nSPS) is 29.8. The Hall–Kier alpha value is -2.43. The number of nitrogens with zero attached hydrogens (tertiary/aromatic N) is 1. The van der Waals surface area contributed by atoms with Crippen molar-refractivity contribution in [2.24, 2.45) is 17.8 Å².